The Morgan fingerprint density at radius 3 is 2.53 bits per heavy atom. The van der Waals surface area contributed by atoms with Gasteiger partial charge < -0.3 is 15.0 Å². The van der Waals surface area contributed by atoms with Crippen LogP contribution in [0.15, 0.2) is 24.5 Å². The Kier molecular flexibility index (Phi) is 6.40. The molecule has 1 rings (SSSR count). The van der Waals surface area contributed by atoms with Crippen LogP contribution in [0, 0.1) is 0 Å². The Morgan fingerprint density at radius 1 is 1.24 bits per heavy atom. The molecule has 0 aromatic carbocycles. The van der Waals surface area contributed by atoms with Crippen LogP contribution in [0.3, 0.4) is 0 Å². The van der Waals surface area contributed by atoms with Gasteiger partial charge in [-0.2, -0.15) is 0 Å². The number of nitrogens with zero attached hydrogens (tertiary/aromatic N) is 1. The molecule has 0 unspecified atom stereocenters. The number of nitrogens with one attached hydrogen (secondary N) is 1. The summed E-state index contributed by atoms with van der Waals surface area (Å²) in [5, 5.41) is 11.6. The van der Waals surface area contributed by atoms with Gasteiger partial charge in [0.05, 0.1) is 0 Å². The number of unbranched alkanes of at least 4 members (excludes halogenated alkanes) is 3. The molecule has 0 saturated carbocycles. The average Bonchev–Trinajstić information content (AvgIpc) is 2.80. The number of aromatic nitrogens is 1. The summed E-state index contributed by atoms with van der Waals surface area (Å²) < 4.78 is 2.18. The molecular weight excluding hydrogens is 216 g/mol. The number of aliphatic hydroxyl groups is 1. The van der Waals surface area contributed by atoms with Crippen LogP contribution in [0.25, 0.3) is 0 Å². The predicted octanol–water partition coefficient (Wildman–Crippen LogP) is 1.55. The zero-order valence-electron chi connectivity index (χ0n) is 10.4. The number of amides is 1. The van der Waals surface area contributed by atoms with Crippen LogP contribution in [-0.2, 0) is 11.3 Å². The molecule has 0 aliphatic carbocycles. The van der Waals surface area contributed by atoms with E-state index in [0.717, 1.165) is 19.4 Å². The van der Waals surface area contributed by atoms with E-state index in [1.54, 1.807) is 0 Å². The largest absolute Gasteiger partial charge is 0.384 e. The maximum absolute atomic E-state index is 11.0. The fourth-order valence-corrected chi connectivity index (χ4v) is 1.65. The number of carbonyl (C=O) groups is 1. The summed E-state index contributed by atoms with van der Waals surface area (Å²) in [5.41, 5.74) is 0. The topological polar surface area (TPSA) is 54.3 Å². The van der Waals surface area contributed by atoms with Crippen molar-refractivity contribution >= 4 is 5.91 Å². The SMILES string of the molecule is C[C@H](O)C(=O)NCCCCCCn1cccc1. The first-order valence-electron chi connectivity index (χ1n) is 6.26. The summed E-state index contributed by atoms with van der Waals surface area (Å²) in [6, 6.07) is 4.07. The van der Waals surface area contributed by atoms with Crippen LogP contribution < -0.4 is 5.32 Å². The average molecular weight is 238 g/mol. The minimum atomic E-state index is -0.899. The number of aliphatic hydroxyl groups excluding tert-OH is 1. The quantitative estimate of drug-likeness (QED) is 0.675. The lowest BCUT2D eigenvalue weighted by Gasteiger charge is -2.07. The highest BCUT2D eigenvalue weighted by atomic mass is 16.3. The van der Waals surface area contributed by atoms with E-state index in [0.29, 0.717) is 6.54 Å². The molecule has 4 nitrogen and oxygen atoms in total. The van der Waals surface area contributed by atoms with Crippen LogP contribution in [0.4, 0.5) is 0 Å². The van der Waals surface area contributed by atoms with Gasteiger partial charge in [0.25, 0.3) is 0 Å². The van der Waals surface area contributed by atoms with Crippen molar-refractivity contribution in [2.75, 3.05) is 6.54 Å². The van der Waals surface area contributed by atoms with Crippen molar-refractivity contribution in [2.24, 2.45) is 0 Å². The maximum atomic E-state index is 11.0. The van der Waals surface area contributed by atoms with E-state index in [1.165, 1.54) is 19.8 Å². The molecule has 0 aliphatic rings. The molecule has 1 amide bonds. The fourth-order valence-electron chi connectivity index (χ4n) is 1.65. The van der Waals surface area contributed by atoms with Crippen LogP contribution in [0.2, 0.25) is 0 Å². The normalized spacial score (nSPS) is 12.4. The van der Waals surface area contributed by atoms with Crippen molar-refractivity contribution in [2.45, 2.75) is 45.3 Å². The smallest absolute Gasteiger partial charge is 0.248 e. The van der Waals surface area contributed by atoms with Gasteiger partial charge in [0.2, 0.25) is 5.91 Å². The Hall–Kier alpha value is -1.29. The van der Waals surface area contributed by atoms with Crippen molar-refractivity contribution < 1.29 is 9.90 Å². The molecular formula is C13H22N2O2. The minimum Gasteiger partial charge on any atom is -0.384 e. The molecule has 1 aromatic heterocycles. The van der Waals surface area contributed by atoms with E-state index in [-0.39, 0.29) is 5.91 Å². The molecule has 17 heavy (non-hydrogen) atoms. The van der Waals surface area contributed by atoms with Gasteiger partial charge in [-0.25, -0.2) is 0 Å². The summed E-state index contributed by atoms with van der Waals surface area (Å²) in [7, 11) is 0. The molecule has 2 N–H and O–H groups in total. The highest BCUT2D eigenvalue weighted by Crippen LogP contribution is 2.02. The lowest BCUT2D eigenvalue weighted by Crippen LogP contribution is -2.33. The molecule has 4 heteroatoms. The molecule has 0 radical (unpaired) electrons. The summed E-state index contributed by atoms with van der Waals surface area (Å²) >= 11 is 0. The van der Waals surface area contributed by atoms with Crippen molar-refractivity contribution in [3.8, 4) is 0 Å². The Labute approximate surface area is 103 Å². The number of rotatable bonds is 8. The fraction of sp³-hybridized carbons (Fsp3) is 0.615. The van der Waals surface area contributed by atoms with Crippen LogP contribution >= 0.6 is 0 Å². The molecule has 0 bridgehead atoms. The maximum Gasteiger partial charge on any atom is 0.248 e. The monoisotopic (exact) mass is 238 g/mol. The van der Waals surface area contributed by atoms with Crippen molar-refractivity contribution in [3.63, 3.8) is 0 Å². The van der Waals surface area contributed by atoms with Gasteiger partial charge in [0, 0.05) is 25.5 Å². The van der Waals surface area contributed by atoms with Crippen LogP contribution in [0.1, 0.15) is 32.6 Å². The third kappa shape index (κ3) is 6.12. The molecule has 96 valence electrons. The van der Waals surface area contributed by atoms with Crippen LogP contribution in [0.5, 0.6) is 0 Å². The van der Waals surface area contributed by atoms with Gasteiger partial charge >= 0.3 is 0 Å². The molecule has 0 aliphatic heterocycles. The zero-order valence-corrected chi connectivity index (χ0v) is 10.4. The lowest BCUT2D eigenvalue weighted by molar-refractivity contribution is -0.128. The van der Waals surface area contributed by atoms with Gasteiger partial charge in [-0.15, -0.1) is 0 Å². The summed E-state index contributed by atoms with van der Waals surface area (Å²) in [5.74, 6) is -0.280. The number of hydrogen-bond donors (Lipinski definition) is 2. The number of hydrogen-bond acceptors (Lipinski definition) is 2. The molecule has 0 fully saturated rings. The Balaban J connectivity index is 1.89. The molecule has 1 atom stereocenters. The van der Waals surface area contributed by atoms with Gasteiger partial charge in [0.1, 0.15) is 6.10 Å². The van der Waals surface area contributed by atoms with Gasteiger partial charge in [-0.3, -0.25) is 4.79 Å². The van der Waals surface area contributed by atoms with Gasteiger partial charge in [-0.1, -0.05) is 12.8 Å². The first-order valence-corrected chi connectivity index (χ1v) is 6.26. The Bertz CT molecular complexity index is 307. The van der Waals surface area contributed by atoms with E-state index in [1.807, 2.05) is 12.1 Å². The van der Waals surface area contributed by atoms with Crippen molar-refractivity contribution in [1.29, 1.82) is 0 Å². The first kappa shape index (κ1) is 13.8. The van der Waals surface area contributed by atoms with Crippen molar-refractivity contribution in [3.05, 3.63) is 24.5 Å². The van der Waals surface area contributed by atoms with Gasteiger partial charge in [0.15, 0.2) is 0 Å². The predicted molar refractivity (Wildman–Crippen MR) is 67.6 cm³/mol. The second-order valence-corrected chi connectivity index (χ2v) is 4.30. The molecule has 1 aromatic rings. The summed E-state index contributed by atoms with van der Waals surface area (Å²) in [4.78, 5) is 11.0. The summed E-state index contributed by atoms with van der Waals surface area (Å²) in [6.07, 6.45) is 7.67. The lowest BCUT2D eigenvalue weighted by atomic mass is 10.2. The van der Waals surface area contributed by atoms with E-state index in [4.69, 9.17) is 5.11 Å². The van der Waals surface area contributed by atoms with E-state index < -0.39 is 6.10 Å². The summed E-state index contributed by atoms with van der Waals surface area (Å²) in [6.45, 7) is 3.20. The zero-order chi connectivity index (χ0) is 12.5. The highest BCUT2D eigenvalue weighted by Gasteiger charge is 2.06. The van der Waals surface area contributed by atoms with Crippen molar-refractivity contribution in [1.82, 2.24) is 9.88 Å². The van der Waals surface area contributed by atoms with Crippen LogP contribution in [-0.4, -0.2) is 28.2 Å². The molecule has 0 spiro atoms. The van der Waals surface area contributed by atoms with Gasteiger partial charge in [-0.05, 0) is 31.9 Å². The second-order valence-electron chi connectivity index (χ2n) is 4.30. The third-order valence-electron chi connectivity index (χ3n) is 2.69. The van der Waals surface area contributed by atoms with E-state index in [2.05, 4.69) is 22.3 Å². The third-order valence-corrected chi connectivity index (χ3v) is 2.69. The minimum absolute atomic E-state index is 0.280. The molecule has 0 saturated heterocycles. The first-order chi connectivity index (χ1) is 8.20. The highest BCUT2D eigenvalue weighted by molar-refractivity contribution is 5.79. The van der Waals surface area contributed by atoms with E-state index >= 15 is 0 Å². The Morgan fingerprint density at radius 2 is 1.88 bits per heavy atom. The second kappa shape index (κ2) is 7.90. The standard InChI is InChI=1S/C13H22N2O2/c1-12(16)13(17)14-8-4-2-3-5-9-15-10-6-7-11-15/h6-7,10-12,16H,2-5,8-9H2,1H3,(H,14,17)/t12-/m0/s1. The molecule has 1 heterocycles. The van der Waals surface area contributed by atoms with E-state index in [9.17, 15) is 4.79 Å². The number of carbonyl (C=O) groups excluding carboxylic acids is 1. The number of aryl methyl sites for hydroxylation is 1.